The molecule has 56 valence electrons. The van der Waals surface area contributed by atoms with Crippen molar-refractivity contribution >= 4 is 16.7 Å². The summed E-state index contributed by atoms with van der Waals surface area (Å²) in [7, 11) is 0. The number of nitrogens with zero attached hydrogens (tertiary/aromatic N) is 2. The predicted octanol–water partition coefficient (Wildman–Crippen LogP) is 1.35. The Hall–Kier alpha value is -1.58. The molecule has 11 heavy (non-hydrogen) atoms. The van der Waals surface area contributed by atoms with Crippen LogP contribution in [-0.2, 0) is 0 Å². The van der Waals surface area contributed by atoms with Crippen molar-refractivity contribution in [1.82, 2.24) is 10.0 Å². The van der Waals surface area contributed by atoms with Gasteiger partial charge in [0.15, 0.2) is 5.82 Å². The van der Waals surface area contributed by atoms with Crippen LogP contribution >= 0.6 is 0 Å². The fourth-order valence-electron chi connectivity index (χ4n) is 1.05. The lowest BCUT2D eigenvalue weighted by Crippen LogP contribution is -1.87. The third-order valence-corrected chi connectivity index (χ3v) is 1.57. The fourth-order valence-corrected chi connectivity index (χ4v) is 1.05. The van der Waals surface area contributed by atoms with Crippen LogP contribution < -0.4 is 5.73 Å². The summed E-state index contributed by atoms with van der Waals surface area (Å²) in [6, 6.07) is 6.88. The van der Waals surface area contributed by atoms with Crippen molar-refractivity contribution < 1.29 is 4.48 Å². The average molecular weight is 151 g/mol. The second kappa shape index (κ2) is 1.95. The molecule has 0 radical (unpaired) electrons. The number of rotatable bonds is 0. The molecule has 2 aromatic rings. The first kappa shape index (κ1) is 6.15. The Morgan fingerprint density at radius 1 is 1.36 bits per heavy atom. The number of nitrogens with two attached hydrogens (primary N) is 1. The molecule has 3 nitrogen and oxygen atoms in total. The molecule has 0 amide bonds. The minimum Gasteiger partial charge on any atom is -0.382 e. The summed E-state index contributed by atoms with van der Waals surface area (Å²) < 4.78 is 12.7. The van der Waals surface area contributed by atoms with Crippen LogP contribution in [0.3, 0.4) is 0 Å². The van der Waals surface area contributed by atoms with Gasteiger partial charge in [0.1, 0.15) is 5.52 Å². The van der Waals surface area contributed by atoms with E-state index in [1.54, 1.807) is 24.3 Å². The first-order valence-corrected chi connectivity index (χ1v) is 3.18. The van der Waals surface area contributed by atoms with Gasteiger partial charge in [-0.3, -0.25) is 0 Å². The lowest BCUT2D eigenvalue weighted by molar-refractivity contribution is 0.334. The zero-order valence-corrected chi connectivity index (χ0v) is 5.66. The highest BCUT2D eigenvalue weighted by Gasteiger charge is 2.04. The molecule has 0 aliphatic carbocycles. The summed E-state index contributed by atoms with van der Waals surface area (Å²) in [6.45, 7) is 0. The highest BCUT2D eigenvalue weighted by atomic mass is 19.2. The van der Waals surface area contributed by atoms with E-state index in [2.05, 4.69) is 5.10 Å². The first-order valence-electron chi connectivity index (χ1n) is 3.18. The van der Waals surface area contributed by atoms with Crippen molar-refractivity contribution in [2.24, 2.45) is 0 Å². The number of hydrogen-bond acceptors (Lipinski definition) is 2. The Kier molecular flexibility index (Phi) is 1.09. The van der Waals surface area contributed by atoms with Crippen molar-refractivity contribution in [3.63, 3.8) is 0 Å². The van der Waals surface area contributed by atoms with E-state index in [0.717, 1.165) is 0 Å². The molecule has 1 aromatic carbocycles. The van der Waals surface area contributed by atoms with Crippen molar-refractivity contribution in [1.29, 1.82) is 0 Å². The Balaban J connectivity index is 2.95. The van der Waals surface area contributed by atoms with Crippen molar-refractivity contribution in [3.05, 3.63) is 24.3 Å². The SMILES string of the molecule is Nc1nn(F)c2ccccc12. The molecule has 2 N–H and O–H groups in total. The molecule has 0 aliphatic rings. The standard InChI is InChI=1S/C7H6FN3/c8-11-6-4-2-1-3-5(6)7(9)10-11/h1-4H,(H2,9,10). The third kappa shape index (κ3) is 0.756. The smallest absolute Gasteiger partial charge is 0.156 e. The molecule has 1 aromatic heterocycles. The van der Waals surface area contributed by atoms with Gasteiger partial charge in [-0.25, -0.2) is 0 Å². The van der Waals surface area contributed by atoms with Crippen molar-refractivity contribution in [2.45, 2.75) is 0 Å². The number of hydrogen-bond donors (Lipinski definition) is 1. The predicted molar refractivity (Wildman–Crippen MR) is 40.7 cm³/mol. The largest absolute Gasteiger partial charge is 0.382 e. The van der Waals surface area contributed by atoms with Crippen LogP contribution in [0.25, 0.3) is 10.9 Å². The molecule has 0 saturated heterocycles. The van der Waals surface area contributed by atoms with E-state index in [4.69, 9.17) is 5.73 Å². The van der Waals surface area contributed by atoms with Crippen LogP contribution in [0.15, 0.2) is 24.3 Å². The minimum atomic E-state index is 0.225. The second-order valence-corrected chi connectivity index (χ2v) is 2.26. The lowest BCUT2D eigenvalue weighted by atomic mass is 10.2. The van der Waals surface area contributed by atoms with Gasteiger partial charge in [0.05, 0.1) is 0 Å². The zero-order valence-electron chi connectivity index (χ0n) is 5.66. The summed E-state index contributed by atoms with van der Waals surface area (Å²) >= 11 is 0. The van der Waals surface area contributed by atoms with Gasteiger partial charge >= 0.3 is 0 Å². The van der Waals surface area contributed by atoms with E-state index in [1.165, 1.54) is 0 Å². The number of aromatic nitrogens is 2. The topological polar surface area (TPSA) is 43.8 Å². The summed E-state index contributed by atoms with van der Waals surface area (Å²) in [5, 5.41) is 4.07. The normalized spacial score (nSPS) is 10.6. The highest BCUT2D eigenvalue weighted by Crippen LogP contribution is 2.19. The monoisotopic (exact) mass is 151 g/mol. The molecule has 2 rings (SSSR count). The highest BCUT2D eigenvalue weighted by molar-refractivity contribution is 5.88. The molecule has 0 aliphatic heterocycles. The van der Waals surface area contributed by atoms with Gasteiger partial charge in [0.2, 0.25) is 0 Å². The summed E-state index contributed by atoms with van der Waals surface area (Å²) in [4.78, 5) is 0.282. The Labute approximate surface area is 62.2 Å². The summed E-state index contributed by atoms with van der Waals surface area (Å²) in [5.41, 5.74) is 5.81. The first-order chi connectivity index (χ1) is 5.29. The van der Waals surface area contributed by atoms with Crippen LogP contribution in [0.4, 0.5) is 10.3 Å². The van der Waals surface area contributed by atoms with Crippen LogP contribution in [0.2, 0.25) is 0 Å². The maximum absolute atomic E-state index is 12.7. The van der Waals surface area contributed by atoms with Gasteiger partial charge in [-0.2, -0.15) is 0 Å². The van der Waals surface area contributed by atoms with Gasteiger partial charge < -0.3 is 5.73 Å². The van der Waals surface area contributed by atoms with Crippen LogP contribution in [0, 0.1) is 0 Å². The van der Waals surface area contributed by atoms with Crippen LogP contribution in [0.5, 0.6) is 0 Å². The molecule has 0 bridgehead atoms. The number of nitrogen functional groups attached to an aromatic ring is 1. The Bertz CT molecular complexity index is 357. The van der Waals surface area contributed by atoms with Gasteiger partial charge in [0.25, 0.3) is 0 Å². The Morgan fingerprint density at radius 3 is 2.82 bits per heavy atom. The molecule has 4 heteroatoms. The lowest BCUT2D eigenvalue weighted by Gasteiger charge is -1.86. The Morgan fingerprint density at radius 2 is 2.09 bits per heavy atom. The van der Waals surface area contributed by atoms with E-state index in [0.29, 0.717) is 10.9 Å². The summed E-state index contributed by atoms with van der Waals surface area (Å²) in [5.74, 6) is 0.225. The van der Waals surface area contributed by atoms with Gasteiger partial charge in [0, 0.05) is 5.39 Å². The third-order valence-electron chi connectivity index (χ3n) is 1.57. The van der Waals surface area contributed by atoms with E-state index >= 15 is 0 Å². The fraction of sp³-hybridized carbons (Fsp3) is 0. The van der Waals surface area contributed by atoms with E-state index < -0.39 is 0 Å². The van der Waals surface area contributed by atoms with E-state index in [1.807, 2.05) is 0 Å². The maximum atomic E-state index is 12.7. The van der Waals surface area contributed by atoms with E-state index in [9.17, 15) is 4.48 Å². The molecule has 0 fully saturated rings. The van der Waals surface area contributed by atoms with E-state index in [-0.39, 0.29) is 10.7 Å². The quantitative estimate of drug-likeness (QED) is 0.617. The van der Waals surface area contributed by atoms with Crippen LogP contribution in [0.1, 0.15) is 0 Å². The number of benzene rings is 1. The number of para-hydroxylation sites is 1. The number of halogens is 1. The maximum Gasteiger partial charge on any atom is 0.156 e. The minimum absolute atomic E-state index is 0.225. The molecular weight excluding hydrogens is 145 g/mol. The van der Waals surface area contributed by atoms with Crippen LogP contribution in [-0.4, -0.2) is 10.0 Å². The average Bonchev–Trinajstić information content (AvgIpc) is 2.30. The molecule has 0 saturated carbocycles. The molecule has 0 spiro atoms. The van der Waals surface area contributed by atoms with Gasteiger partial charge in [-0.15, -0.1) is 5.10 Å². The summed E-state index contributed by atoms with van der Waals surface area (Å²) in [6.07, 6.45) is 0. The second-order valence-electron chi connectivity index (χ2n) is 2.26. The molecular formula is C7H6FN3. The van der Waals surface area contributed by atoms with Gasteiger partial charge in [-0.05, 0) is 12.1 Å². The molecule has 0 atom stereocenters. The molecule has 1 heterocycles. The van der Waals surface area contributed by atoms with Gasteiger partial charge in [-0.1, -0.05) is 21.5 Å². The zero-order chi connectivity index (χ0) is 7.84. The number of fused-ring (bicyclic) bond motifs is 1. The molecule has 0 unspecified atom stereocenters. The van der Waals surface area contributed by atoms with Crippen molar-refractivity contribution in [2.75, 3.05) is 5.73 Å². The number of anilines is 1. The van der Waals surface area contributed by atoms with Crippen molar-refractivity contribution in [3.8, 4) is 0 Å².